The van der Waals surface area contributed by atoms with Crippen LogP contribution in [0.2, 0.25) is 0 Å². The van der Waals surface area contributed by atoms with E-state index in [1.54, 1.807) is 29.2 Å². The minimum Gasteiger partial charge on any atom is -0.494 e. The first-order valence-electron chi connectivity index (χ1n) is 13.0. The van der Waals surface area contributed by atoms with Crippen molar-refractivity contribution in [3.05, 3.63) is 60.2 Å². The van der Waals surface area contributed by atoms with Crippen LogP contribution in [0.4, 0.5) is 5.69 Å². The molecule has 0 heterocycles. The minimum atomic E-state index is -3.55. The number of amides is 2. The van der Waals surface area contributed by atoms with Gasteiger partial charge in [0.05, 0.1) is 18.6 Å². The molecule has 2 rings (SSSR count). The van der Waals surface area contributed by atoms with Crippen LogP contribution in [-0.2, 0) is 26.2 Å². The van der Waals surface area contributed by atoms with Crippen molar-refractivity contribution in [2.45, 2.75) is 65.5 Å². The molecule has 204 valence electrons. The van der Waals surface area contributed by atoms with Crippen molar-refractivity contribution in [1.82, 2.24) is 10.2 Å². The Morgan fingerprint density at radius 3 is 2.22 bits per heavy atom. The number of unbranched alkanes of at least 4 members (excludes halogenated alkanes) is 1. The molecule has 8 nitrogen and oxygen atoms in total. The third kappa shape index (κ3) is 9.72. The van der Waals surface area contributed by atoms with Gasteiger partial charge in [-0.2, -0.15) is 0 Å². The second-order valence-corrected chi connectivity index (χ2v) is 10.8. The third-order valence-electron chi connectivity index (χ3n) is 6.00. The molecule has 2 aromatic carbocycles. The Labute approximate surface area is 222 Å². The highest BCUT2D eigenvalue weighted by atomic mass is 32.2. The Morgan fingerprint density at radius 1 is 0.973 bits per heavy atom. The van der Waals surface area contributed by atoms with Crippen LogP contribution in [0.25, 0.3) is 0 Å². The molecule has 0 saturated heterocycles. The van der Waals surface area contributed by atoms with E-state index in [-0.39, 0.29) is 24.8 Å². The van der Waals surface area contributed by atoms with Gasteiger partial charge in [-0.05, 0) is 56.0 Å². The normalized spacial score (nSPS) is 12.0. The summed E-state index contributed by atoms with van der Waals surface area (Å²) in [7, 11) is -3.55. The van der Waals surface area contributed by atoms with Gasteiger partial charge in [-0.25, -0.2) is 8.42 Å². The third-order valence-corrected chi connectivity index (χ3v) is 7.19. The SMILES string of the molecule is CCCCNC(=O)C(CC)N(Cc1ccccc1)C(=O)CCCN(c1ccc(OCC)cc1)S(C)(=O)=O. The fraction of sp³-hybridized carbons (Fsp3) is 0.500. The highest BCUT2D eigenvalue weighted by Gasteiger charge is 2.28. The summed E-state index contributed by atoms with van der Waals surface area (Å²) >= 11 is 0. The van der Waals surface area contributed by atoms with Crippen LogP contribution >= 0.6 is 0 Å². The molecule has 0 aliphatic heterocycles. The predicted molar refractivity (Wildman–Crippen MR) is 148 cm³/mol. The monoisotopic (exact) mass is 531 g/mol. The van der Waals surface area contributed by atoms with Crippen molar-refractivity contribution >= 4 is 27.5 Å². The maximum atomic E-state index is 13.4. The van der Waals surface area contributed by atoms with E-state index in [9.17, 15) is 18.0 Å². The highest BCUT2D eigenvalue weighted by Crippen LogP contribution is 2.23. The van der Waals surface area contributed by atoms with Crippen molar-refractivity contribution in [2.75, 3.05) is 30.3 Å². The van der Waals surface area contributed by atoms with Crippen LogP contribution in [-0.4, -0.2) is 57.1 Å². The Hall–Kier alpha value is -3.07. The summed E-state index contributed by atoms with van der Waals surface area (Å²) in [6.45, 7) is 7.39. The van der Waals surface area contributed by atoms with Gasteiger partial charge in [0.1, 0.15) is 11.8 Å². The molecule has 0 radical (unpaired) electrons. The van der Waals surface area contributed by atoms with Gasteiger partial charge in [-0.15, -0.1) is 0 Å². The number of hydrogen-bond donors (Lipinski definition) is 1. The van der Waals surface area contributed by atoms with Gasteiger partial charge >= 0.3 is 0 Å². The lowest BCUT2D eigenvalue weighted by atomic mass is 10.1. The van der Waals surface area contributed by atoms with Gasteiger partial charge in [0, 0.05) is 26.1 Å². The summed E-state index contributed by atoms with van der Waals surface area (Å²) in [6, 6.07) is 15.8. The number of rotatable bonds is 16. The van der Waals surface area contributed by atoms with Gasteiger partial charge in [-0.3, -0.25) is 13.9 Å². The lowest BCUT2D eigenvalue weighted by Crippen LogP contribution is -2.49. The Morgan fingerprint density at radius 2 is 1.65 bits per heavy atom. The standard InChI is InChI=1S/C28H41N3O5S/c1-5-8-20-29-28(33)26(6-2)30(22-23-13-10-9-11-14-23)27(32)15-12-21-31(37(4,34)35)24-16-18-25(19-17-24)36-7-3/h9-11,13-14,16-19,26H,5-8,12,15,20-22H2,1-4H3,(H,29,33). The first-order chi connectivity index (χ1) is 17.7. The number of carbonyl (C=O) groups excluding carboxylic acids is 2. The van der Waals surface area contributed by atoms with Crippen LogP contribution in [0, 0.1) is 0 Å². The molecular formula is C28H41N3O5S. The summed E-state index contributed by atoms with van der Waals surface area (Å²) in [6.07, 6.45) is 3.92. The summed E-state index contributed by atoms with van der Waals surface area (Å²) < 4.78 is 31.8. The van der Waals surface area contributed by atoms with Gasteiger partial charge in [-0.1, -0.05) is 50.6 Å². The minimum absolute atomic E-state index is 0.120. The van der Waals surface area contributed by atoms with Crippen molar-refractivity contribution in [2.24, 2.45) is 0 Å². The fourth-order valence-electron chi connectivity index (χ4n) is 4.08. The number of nitrogens with zero attached hydrogens (tertiary/aromatic N) is 2. The Balaban J connectivity index is 2.15. The maximum Gasteiger partial charge on any atom is 0.242 e. The van der Waals surface area contributed by atoms with Gasteiger partial charge < -0.3 is 15.0 Å². The Kier molecular flexibility index (Phi) is 12.4. The van der Waals surface area contributed by atoms with E-state index in [0.717, 1.165) is 24.7 Å². The lowest BCUT2D eigenvalue weighted by Gasteiger charge is -2.31. The molecule has 0 spiro atoms. The molecule has 1 N–H and O–H groups in total. The molecule has 1 atom stereocenters. The Bertz CT molecular complexity index is 1070. The average Bonchev–Trinajstić information content (AvgIpc) is 2.87. The van der Waals surface area contributed by atoms with Gasteiger partial charge in [0.15, 0.2) is 0 Å². The van der Waals surface area contributed by atoms with E-state index in [1.165, 1.54) is 4.31 Å². The molecule has 1 unspecified atom stereocenters. The van der Waals surface area contributed by atoms with Crippen molar-refractivity contribution in [3.8, 4) is 5.75 Å². The first kappa shape index (κ1) is 30.2. The largest absolute Gasteiger partial charge is 0.494 e. The predicted octanol–water partition coefficient (Wildman–Crippen LogP) is 4.36. The molecule has 0 aliphatic carbocycles. The van der Waals surface area contributed by atoms with E-state index < -0.39 is 16.1 Å². The quantitative estimate of drug-likeness (QED) is 0.325. The van der Waals surface area contributed by atoms with E-state index in [1.807, 2.05) is 44.2 Å². The summed E-state index contributed by atoms with van der Waals surface area (Å²) in [5, 5.41) is 2.95. The molecule has 2 amide bonds. The number of ether oxygens (including phenoxy) is 1. The molecule has 9 heteroatoms. The topological polar surface area (TPSA) is 96.0 Å². The van der Waals surface area contributed by atoms with Crippen LogP contribution < -0.4 is 14.4 Å². The fourth-order valence-corrected chi connectivity index (χ4v) is 5.05. The number of carbonyl (C=O) groups is 2. The average molecular weight is 532 g/mol. The number of hydrogen-bond acceptors (Lipinski definition) is 5. The molecule has 0 saturated carbocycles. The van der Waals surface area contributed by atoms with Gasteiger partial charge in [0.25, 0.3) is 0 Å². The highest BCUT2D eigenvalue weighted by molar-refractivity contribution is 7.92. The van der Waals surface area contributed by atoms with Crippen LogP contribution in [0.1, 0.15) is 58.4 Å². The molecule has 37 heavy (non-hydrogen) atoms. The second-order valence-electron chi connectivity index (χ2n) is 8.94. The molecule has 0 aliphatic rings. The molecule has 0 bridgehead atoms. The smallest absolute Gasteiger partial charge is 0.242 e. The van der Waals surface area contributed by atoms with E-state index in [0.29, 0.717) is 44.0 Å². The zero-order chi connectivity index (χ0) is 27.3. The van der Waals surface area contributed by atoms with Gasteiger partial charge in [0.2, 0.25) is 21.8 Å². The van der Waals surface area contributed by atoms with Crippen LogP contribution in [0.3, 0.4) is 0 Å². The summed E-state index contributed by atoms with van der Waals surface area (Å²) in [5.74, 6) is 0.322. The van der Waals surface area contributed by atoms with Crippen molar-refractivity contribution in [3.63, 3.8) is 0 Å². The first-order valence-corrected chi connectivity index (χ1v) is 14.9. The summed E-state index contributed by atoms with van der Waals surface area (Å²) in [5.41, 5.74) is 1.45. The van der Waals surface area contributed by atoms with Crippen LogP contribution in [0.5, 0.6) is 5.75 Å². The van der Waals surface area contributed by atoms with E-state index >= 15 is 0 Å². The van der Waals surface area contributed by atoms with E-state index in [2.05, 4.69) is 12.2 Å². The number of benzene rings is 2. The molecule has 0 fully saturated rings. The molecule has 2 aromatic rings. The number of sulfonamides is 1. The van der Waals surface area contributed by atoms with Crippen LogP contribution in [0.15, 0.2) is 54.6 Å². The lowest BCUT2D eigenvalue weighted by molar-refractivity contribution is -0.141. The van der Waals surface area contributed by atoms with Crippen molar-refractivity contribution in [1.29, 1.82) is 0 Å². The molecular weight excluding hydrogens is 490 g/mol. The number of nitrogens with one attached hydrogen (secondary N) is 1. The van der Waals surface area contributed by atoms with Crippen molar-refractivity contribution < 1.29 is 22.7 Å². The maximum absolute atomic E-state index is 13.4. The zero-order valence-electron chi connectivity index (χ0n) is 22.5. The summed E-state index contributed by atoms with van der Waals surface area (Å²) in [4.78, 5) is 28.0. The molecule has 0 aromatic heterocycles. The number of anilines is 1. The van der Waals surface area contributed by atoms with E-state index in [4.69, 9.17) is 4.74 Å². The second kappa shape index (κ2) is 15.2. The zero-order valence-corrected chi connectivity index (χ0v) is 23.3.